The van der Waals surface area contributed by atoms with E-state index in [-0.39, 0.29) is 5.91 Å². The lowest BCUT2D eigenvalue weighted by Gasteiger charge is -2.15. The van der Waals surface area contributed by atoms with Crippen molar-refractivity contribution < 1.29 is 4.79 Å². The molecule has 1 aliphatic carbocycles. The first-order valence-corrected chi connectivity index (χ1v) is 11.1. The normalized spacial score (nSPS) is 16.1. The summed E-state index contributed by atoms with van der Waals surface area (Å²) in [5, 5.41) is 5.75. The Morgan fingerprint density at radius 2 is 1.96 bits per heavy atom. The van der Waals surface area contributed by atoms with Crippen LogP contribution in [0.4, 0.5) is 5.13 Å². The van der Waals surface area contributed by atoms with Crippen LogP contribution in [-0.2, 0) is 19.4 Å². The largest absolute Gasteiger partial charge is 0.297 e. The predicted molar refractivity (Wildman–Crippen MR) is 112 cm³/mol. The number of fused-ring (bicyclic) bond motifs is 3. The number of anilines is 1. The lowest BCUT2D eigenvalue weighted by Crippen LogP contribution is -2.18. The van der Waals surface area contributed by atoms with Crippen LogP contribution in [0.2, 0.25) is 0 Å². The number of carbonyl (C=O) groups excluding carboxylic acids is 1. The minimum absolute atomic E-state index is 0.0473. The van der Waals surface area contributed by atoms with Gasteiger partial charge in [0.15, 0.2) is 5.13 Å². The summed E-state index contributed by atoms with van der Waals surface area (Å²) < 4.78 is 0. The monoisotopic (exact) mass is 395 g/mol. The van der Waals surface area contributed by atoms with Crippen LogP contribution in [0.25, 0.3) is 10.4 Å². The van der Waals surface area contributed by atoms with Crippen LogP contribution in [0.3, 0.4) is 0 Å². The number of hydrogen-bond acceptors (Lipinski definition) is 5. The number of benzene rings is 1. The zero-order valence-corrected chi connectivity index (χ0v) is 16.7. The van der Waals surface area contributed by atoms with Gasteiger partial charge in [-0.3, -0.25) is 15.0 Å². The number of amides is 1. The van der Waals surface area contributed by atoms with E-state index in [2.05, 4.69) is 50.9 Å². The van der Waals surface area contributed by atoms with E-state index in [0.29, 0.717) is 5.13 Å². The molecule has 0 atom stereocenters. The van der Waals surface area contributed by atoms with Crippen LogP contribution in [0.15, 0.2) is 35.7 Å². The van der Waals surface area contributed by atoms with Gasteiger partial charge in [-0.15, -0.1) is 22.7 Å². The molecule has 0 radical (unpaired) electrons. The molecule has 5 rings (SSSR count). The number of likely N-dealkylation sites (tertiary alicyclic amines) is 1. The van der Waals surface area contributed by atoms with Gasteiger partial charge in [0.2, 0.25) is 0 Å². The van der Waals surface area contributed by atoms with Gasteiger partial charge < -0.3 is 0 Å². The van der Waals surface area contributed by atoms with Crippen molar-refractivity contribution in [3.63, 3.8) is 0 Å². The summed E-state index contributed by atoms with van der Waals surface area (Å²) in [6.07, 6.45) is 4.61. The van der Waals surface area contributed by atoms with E-state index >= 15 is 0 Å². The second-order valence-electron chi connectivity index (χ2n) is 7.20. The van der Waals surface area contributed by atoms with E-state index < -0.39 is 0 Å². The number of nitrogens with one attached hydrogen (secondary N) is 1. The number of aromatic nitrogens is 1. The van der Waals surface area contributed by atoms with E-state index in [1.165, 1.54) is 45.7 Å². The van der Waals surface area contributed by atoms with E-state index in [1.54, 1.807) is 11.3 Å². The van der Waals surface area contributed by atoms with E-state index in [1.807, 2.05) is 0 Å². The molecule has 1 aliphatic heterocycles. The van der Waals surface area contributed by atoms with E-state index in [4.69, 9.17) is 0 Å². The molecule has 0 spiro atoms. The van der Waals surface area contributed by atoms with Crippen LogP contribution in [0, 0.1) is 0 Å². The van der Waals surface area contributed by atoms with Crippen molar-refractivity contribution in [3.05, 3.63) is 57.4 Å². The van der Waals surface area contributed by atoms with Gasteiger partial charge in [-0.05, 0) is 61.5 Å². The number of hydrogen-bond donors (Lipinski definition) is 1. The fraction of sp³-hybridized carbons (Fsp3) is 0.333. The lowest BCUT2D eigenvalue weighted by molar-refractivity contribution is 0.103. The summed E-state index contributed by atoms with van der Waals surface area (Å²) in [5.74, 6) is -0.0473. The zero-order valence-electron chi connectivity index (χ0n) is 15.0. The highest BCUT2D eigenvalue weighted by Gasteiger charge is 2.22. The molecule has 1 amide bonds. The van der Waals surface area contributed by atoms with Crippen molar-refractivity contribution >= 4 is 33.7 Å². The molecule has 1 fully saturated rings. The lowest BCUT2D eigenvalue weighted by atomic mass is 9.91. The minimum Gasteiger partial charge on any atom is -0.297 e. The number of thiophene rings is 1. The summed E-state index contributed by atoms with van der Waals surface area (Å²) in [7, 11) is 0. The summed E-state index contributed by atoms with van der Waals surface area (Å²) >= 11 is 3.11. The third-order valence-corrected chi connectivity index (χ3v) is 7.33. The third-order valence-electron chi connectivity index (χ3n) is 5.31. The first-order chi connectivity index (χ1) is 13.3. The van der Waals surface area contributed by atoms with Crippen molar-refractivity contribution in [1.82, 2.24) is 9.88 Å². The second-order valence-corrected chi connectivity index (χ2v) is 9.11. The van der Waals surface area contributed by atoms with Gasteiger partial charge >= 0.3 is 0 Å². The number of aryl methyl sites for hydroxylation is 2. The molecular formula is C21H21N3OS2. The van der Waals surface area contributed by atoms with E-state index in [9.17, 15) is 4.79 Å². The molecule has 0 saturated carbocycles. The number of rotatable bonds is 4. The van der Waals surface area contributed by atoms with Crippen LogP contribution in [0.1, 0.15) is 39.3 Å². The quantitative estimate of drug-likeness (QED) is 0.689. The maximum atomic E-state index is 12.8. The van der Waals surface area contributed by atoms with Crippen LogP contribution >= 0.6 is 22.7 Å². The third kappa shape index (κ3) is 3.45. The Morgan fingerprint density at radius 3 is 2.85 bits per heavy atom. The SMILES string of the molecule is O=C(Nc1nc(CN2CCCC2)cs1)c1cc2c(s1)-c1ccccc1CC2. The van der Waals surface area contributed by atoms with Crippen LogP contribution in [-0.4, -0.2) is 28.9 Å². The Labute approximate surface area is 166 Å². The van der Waals surface area contributed by atoms with Gasteiger partial charge in [0, 0.05) is 16.8 Å². The minimum atomic E-state index is -0.0473. The molecule has 2 aromatic heterocycles. The maximum Gasteiger partial charge on any atom is 0.267 e. The molecule has 138 valence electrons. The zero-order chi connectivity index (χ0) is 18.2. The van der Waals surface area contributed by atoms with Crippen molar-refractivity contribution in [2.75, 3.05) is 18.4 Å². The summed E-state index contributed by atoms with van der Waals surface area (Å²) in [6.45, 7) is 3.19. The maximum absolute atomic E-state index is 12.8. The molecule has 4 nitrogen and oxygen atoms in total. The summed E-state index contributed by atoms with van der Waals surface area (Å²) in [5.41, 5.74) is 5.00. The summed E-state index contributed by atoms with van der Waals surface area (Å²) in [4.78, 5) is 21.8. The van der Waals surface area contributed by atoms with Gasteiger partial charge in [0.25, 0.3) is 5.91 Å². The molecule has 3 aromatic rings. The second kappa shape index (κ2) is 7.19. The highest BCUT2D eigenvalue weighted by Crippen LogP contribution is 2.39. The van der Waals surface area contributed by atoms with Gasteiger partial charge in [-0.25, -0.2) is 4.98 Å². The molecule has 27 heavy (non-hydrogen) atoms. The molecule has 6 heteroatoms. The van der Waals surface area contributed by atoms with Gasteiger partial charge in [-0.2, -0.15) is 0 Å². The Hall–Kier alpha value is -2.02. The van der Waals surface area contributed by atoms with Crippen molar-refractivity contribution in [1.29, 1.82) is 0 Å². The van der Waals surface area contributed by atoms with Gasteiger partial charge in [0.05, 0.1) is 10.6 Å². The van der Waals surface area contributed by atoms with Crippen molar-refractivity contribution in [2.45, 2.75) is 32.2 Å². The fourth-order valence-electron chi connectivity index (χ4n) is 3.95. The van der Waals surface area contributed by atoms with Crippen LogP contribution in [0.5, 0.6) is 0 Å². The molecular weight excluding hydrogens is 374 g/mol. The Kier molecular flexibility index (Phi) is 4.55. The van der Waals surface area contributed by atoms with Gasteiger partial charge in [0.1, 0.15) is 0 Å². The molecule has 0 unspecified atom stereocenters. The first kappa shape index (κ1) is 17.1. The molecule has 1 aromatic carbocycles. The molecule has 1 saturated heterocycles. The number of thiazole rings is 1. The highest BCUT2D eigenvalue weighted by atomic mass is 32.1. The predicted octanol–water partition coefficient (Wildman–Crippen LogP) is 4.82. The van der Waals surface area contributed by atoms with Crippen molar-refractivity contribution in [3.8, 4) is 10.4 Å². The average molecular weight is 396 g/mol. The number of nitrogens with zero attached hydrogens (tertiary/aromatic N) is 2. The average Bonchev–Trinajstić information content (AvgIpc) is 3.42. The Morgan fingerprint density at radius 1 is 1.15 bits per heavy atom. The number of carbonyl (C=O) groups is 1. The molecule has 0 bridgehead atoms. The Balaban J connectivity index is 1.31. The van der Waals surface area contributed by atoms with Crippen LogP contribution < -0.4 is 5.32 Å². The molecule has 2 aliphatic rings. The Bertz CT molecular complexity index is 985. The highest BCUT2D eigenvalue weighted by molar-refractivity contribution is 7.18. The van der Waals surface area contributed by atoms with Gasteiger partial charge in [-0.1, -0.05) is 24.3 Å². The van der Waals surface area contributed by atoms with Crippen molar-refractivity contribution in [2.24, 2.45) is 0 Å². The molecule has 1 N–H and O–H groups in total. The smallest absolute Gasteiger partial charge is 0.267 e. The molecule has 3 heterocycles. The fourth-order valence-corrected chi connectivity index (χ4v) is 5.81. The standard InChI is InChI=1S/C21H21N3OS2/c25-20(23-21-22-16(13-26-21)12-24-9-3-4-10-24)18-11-15-8-7-14-5-1-2-6-17(14)19(15)27-18/h1-2,5-6,11,13H,3-4,7-10,12H2,(H,22,23,25). The first-order valence-electron chi connectivity index (χ1n) is 9.45. The van der Waals surface area contributed by atoms with E-state index in [0.717, 1.165) is 43.0 Å². The summed E-state index contributed by atoms with van der Waals surface area (Å²) in [6, 6.07) is 10.6. The topological polar surface area (TPSA) is 45.2 Å².